The minimum atomic E-state index is 1.12. The van der Waals surface area contributed by atoms with Gasteiger partial charge < -0.3 is 0 Å². The van der Waals surface area contributed by atoms with Gasteiger partial charge >= 0.3 is 0 Å². The first-order chi connectivity index (χ1) is 5.16. The Morgan fingerprint density at radius 2 is 2.09 bits per heavy atom. The zero-order chi connectivity index (χ0) is 8.43. The van der Waals surface area contributed by atoms with Gasteiger partial charge in [-0.15, -0.1) is 11.8 Å². The molecule has 0 aromatic carbocycles. The predicted molar refractivity (Wildman–Crippen MR) is 53.5 cm³/mol. The molecule has 0 aliphatic carbocycles. The summed E-state index contributed by atoms with van der Waals surface area (Å²) in [4.78, 5) is 1.46. The largest absolute Gasteiger partial charge is 0.102 e. The zero-order valence-electron chi connectivity index (χ0n) is 7.40. The first-order valence-electron chi connectivity index (χ1n) is 3.89. The third kappa shape index (κ3) is 1.59. The van der Waals surface area contributed by atoms with Gasteiger partial charge in [-0.05, 0) is 47.3 Å². The Bertz CT molecular complexity index is 244. The fraction of sp³-hybridized carbons (Fsp3) is 0.400. The molecule has 60 valence electrons. The van der Waals surface area contributed by atoms with Gasteiger partial charge in [0.1, 0.15) is 0 Å². The second kappa shape index (κ2) is 3.31. The smallest absolute Gasteiger partial charge is 0.00760 e. The Labute approximate surface area is 73.1 Å². The quantitative estimate of drug-likeness (QED) is 0.569. The van der Waals surface area contributed by atoms with E-state index in [1.165, 1.54) is 21.6 Å². The third-order valence-electron chi connectivity index (χ3n) is 2.05. The van der Waals surface area contributed by atoms with Gasteiger partial charge in [0.05, 0.1) is 0 Å². The zero-order valence-corrected chi connectivity index (χ0v) is 8.22. The van der Waals surface area contributed by atoms with E-state index in [-0.39, 0.29) is 0 Å². The van der Waals surface area contributed by atoms with Crippen LogP contribution in [0.4, 0.5) is 0 Å². The molecule has 0 aromatic rings. The van der Waals surface area contributed by atoms with Gasteiger partial charge in [0, 0.05) is 0 Å². The lowest BCUT2D eigenvalue weighted by Crippen LogP contribution is -1.94. The van der Waals surface area contributed by atoms with Crippen molar-refractivity contribution in [1.82, 2.24) is 0 Å². The summed E-state index contributed by atoms with van der Waals surface area (Å²) in [5.74, 6) is 0. The van der Waals surface area contributed by atoms with Crippen LogP contribution in [0.1, 0.15) is 27.2 Å². The molecule has 0 unspecified atom stereocenters. The number of rotatable bonds is 1. The number of allylic oxidation sites excluding steroid dienone is 4. The molecule has 0 bridgehead atoms. The van der Waals surface area contributed by atoms with Crippen LogP contribution in [0.15, 0.2) is 33.6 Å². The highest BCUT2D eigenvalue weighted by atomic mass is 32.2. The fourth-order valence-corrected chi connectivity index (χ4v) is 2.06. The van der Waals surface area contributed by atoms with Crippen molar-refractivity contribution < 1.29 is 0 Å². The van der Waals surface area contributed by atoms with E-state index in [0.29, 0.717) is 0 Å². The van der Waals surface area contributed by atoms with E-state index in [1.807, 2.05) is 11.8 Å². The van der Waals surface area contributed by atoms with E-state index in [1.54, 1.807) is 0 Å². The molecule has 1 heterocycles. The molecule has 0 N–H and O–H groups in total. The first kappa shape index (κ1) is 8.66. The lowest BCUT2D eigenvalue weighted by Gasteiger charge is -2.16. The average molecular weight is 166 g/mol. The van der Waals surface area contributed by atoms with Crippen LogP contribution < -0.4 is 0 Å². The van der Waals surface area contributed by atoms with Crippen LogP contribution in [-0.2, 0) is 0 Å². The molecule has 1 rings (SSSR count). The van der Waals surface area contributed by atoms with Crippen molar-refractivity contribution in [2.45, 2.75) is 27.2 Å². The molecule has 11 heavy (non-hydrogen) atoms. The Balaban J connectivity index is 2.94. The topological polar surface area (TPSA) is 0 Å². The fourth-order valence-electron chi connectivity index (χ4n) is 1.13. The number of hydrogen-bond donors (Lipinski definition) is 0. The van der Waals surface area contributed by atoms with Crippen LogP contribution in [0.25, 0.3) is 0 Å². The SMILES string of the molecule is C=C1C(C)=CSC(CC)=C1C. The summed E-state index contributed by atoms with van der Waals surface area (Å²) in [6, 6.07) is 0. The van der Waals surface area contributed by atoms with Crippen molar-refractivity contribution in [3.8, 4) is 0 Å². The minimum absolute atomic E-state index is 1.12. The van der Waals surface area contributed by atoms with Crippen molar-refractivity contribution in [3.63, 3.8) is 0 Å². The van der Waals surface area contributed by atoms with Gasteiger partial charge in [0.15, 0.2) is 0 Å². The van der Waals surface area contributed by atoms with Crippen LogP contribution in [-0.4, -0.2) is 0 Å². The van der Waals surface area contributed by atoms with Crippen LogP contribution in [0.5, 0.6) is 0 Å². The summed E-state index contributed by atoms with van der Waals surface area (Å²) < 4.78 is 0. The third-order valence-corrected chi connectivity index (χ3v) is 3.40. The van der Waals surface area contributed by atoms with E-state index in [9.17, 15) is 0 Å². The van der Waals surface area contributed by atoms with Crippen molar-refractivity contribution in [2.24, 2.45) is 0 Å². The van der Waals surface area contributed by atoms with E-state index in [4.69, 9.17) is 0 Å². The summed E-state index contributed by atoms with van der Waals surface area (Å²) >= 11 is 1.84. The summed E-state index contributed by atoms with van der Waals surface area (Å²) in [6.45, 7) is 10.5. The van der Waals surface area contributed by atoms with Crippen molar-refractivity contribution in [1.29, 1.82) is 0 Å². The van der Waals surface area contributed by atoms with Gasteiger partial charge in [-0.1, -0.05) is 13.5 Å². The maximum absolute atomic E-state index is 4.03. The van der Waals surface area contributed by atoms with Crippen LogP contribution in [0.3, 0.4) is 0 Å². The maximum Gasteiger partial charge on any atom is -0.00760 e. The first-order valence-corrected chi connectivity index (χ1v) is 4.77. The molecule has 0 spiro atoms. The van der Waals surface area contributed by atoms with Gasteiger partial charge in [-0.25, -0.2) is 0 Å². The second-order valence-electron chi connectivity index (χ2n) is 2.80. The summed E-state index contributed by atoms with van der Waals surface area (Å²) in [5, 5.41) is 2.19. The van der Waals surface area contributed by atoms with Crippen LogP contribution >= 0.6 is 11.8 Å². The highest BCUT2D eigenvalue weighted by Crippen LogP contribution is 2.36. The van der Waals surface area contributed by atoms with Crippen molar-refractivity contribution in [3.05, 3.63) is 33.6 Å². The second-order valence-corrected chi connectivity index (χ2v) is 3.76. The van der Waals surface area contributed by atoms with Gasteiger partial charge in [-0.3, -0.25) is 0 Å². The monoisotopic (exact) mass is 166 g/mol. The Hall–Kier alpha value is -0.430. The van der Waals surface area contributed by atoms with E-state index < -0.39 is 0 Å². The molecule has 1 aliphatic rings. The number of hydrogen-bond acceptors (Lipinski definition) is 1. The standard InChI is InChI=1S/C10H14S/c1-5-10-9(4)8(3)7(2)6-11-10/h6H,3,5H2,1-2,4H3. The molecular formula is C10H14S. The normalized spacial score (nSPS) is 18.8. The lowest BCUT2D eigenvalue weighted by atomic mass is 10.0. The predicted octanol–water partition coefficient (Wildman–Crippen LogP) is 3.88. The Morgan fingerprint density at radius 1 is 1.45 bits per heavy atom. The molecule has 0 aromatic heterocycles. The van der Waals surface area contributed by atoms with E-state index >= 15 is 0 Å². The molecular weight excluding hydrogens is 152 g/mol. The summed E-state index contributed by atoms with van der Waals surface area (Å²) in [7, 11) is 0. The Morgan fingerprint density at radius 3 is 2.64 bits per heavy atom. The molecule has 0 saturated carbocycles. The molecule has 0 amide bonds. The number of thioether (sulfide) groups is 1. The van der Waals surface area contributed by atoms with E-state index in [0.717, 1.165) is 6.42 Å². The minimum Gasteiger partial charge on any atom is -0.102 e. The summed E-state index contributed by atoms with van der Waals surface area (Å²) in [6.07, 6.45) is 1.12. The molecule has 0 fully saturated rings. The van der Waals surface area contributed by atoms with Gasteiger partial charge in [0.25, 0.3) is 0 Å². The molecule has 0 nitrogen and oxygen atoms in total. The molecule has 1 aliphatic heterocycles. The van der Waals surface area contributed by atoms with Crippen molar-refractivity contribution in [2.75, 3.05) is 0 Å². The average Bonchev–Trinajstić information content (AvgIpc) is 2.01. The molecule has 0 radical (unpaired) electrons. The molecule has 1 heteroatoms. The van der Waals surface area contributed by atoms with Gasteiger partial charge in [-0.2, -0.15) is 0 Å². The highest BCUT2D eigenvalue weighted by Gasteiger charge is 2.10. The molecule has 0 atom stereocenters. The Kier molecular flexibility index (Phi) is 2.61. The highest BCUT2D eigenvalue weighted by molar-refractivity contribution is 8.05. The lowest BCUT2D eigenvalue weighted by molar-refractivity contribution is 1.15. The molecule has 0 saturated heterocycles. The maximum atomic E-state index is 4.03. The van der Waals surface area contributed by atoms with Crippen LogP contribution in [0.2, 0.25) is 0 Å². The van der Waals surface area contributed by atoms with Gasteiger partial charge in [0.2, 0.25) is 0 Å². The van der Waals surface area contributed by atoms with Crippen LogP contribution in [0, 0.1) is 0 Å². The van der Waals surface area contributed by atoms with E-state index in [2.05, 4.69) is 32.8 Å². The van der Waals surface area contributed by atoms with Crippen molar-refractivity contribution >= 4 is 11.8 Å². The summed E-state index contributed by atoms with van der Waals surface area (Å²) in [5.41, 5.74) is 3.89.